The van der Waals surface area contributed by atoms with Gasteiger partial charge in [-0.2, -0.15) is 0 Å². The van der Waals surface area contributed by atoms with Crippen molar-refractivity contribution in [3.05, 3.63) is 28.7 Å². The van der Waals surface area contributed by atoms with E-state index in [1.54, 1.807) is 29.2 Å². The molecule has 0 aliphatic carbocycles. The highest BCUT2D eigenvalue weighted by molar-refractivity contribution is 9.10. The van der Waals surface area contributed by atoms with E-state index in [1.807, 2.05) is 20.8 Å². The van der Waals surface area contributed by atoms with Crippen LogP contribution >= 0.6 is 15.9 Å². The topological polar surface area (TPSA) is 57.7 Å². The standard InChI is InChI=1S/C17H21BrN2O3/c1-5-17(3,4)20(11(2)21)14-10-15(22)19(16(14)23)13-8-6-12(18)7-9-13/h6-9,14H,5,10H2,1-4H3. The number of carbonyl (C=O) groups is 3. The van der Waals surface area contributed by atoms with Crippen molar-refractivity contribution in [1.82, 2.24) is 4.90 Å². The Hall–Kier alpha value is -1.69. The number of nitrogens with zero attached hydrogens (tertiary/aromatic N) is 2. The van der Waals surface area contributed by atoms with Crippen molar-refractivity contribution in [3.8, 4) is 0 Å². The largest absolute Gasteiger partial charge is 0.325 e. The first-order chi connectivity index (χ1) is 10.7. The summed E-state index contributed by atoms with van der Waals surface area (Å²) in [6, 6.07) is 6.25. The van der Waals surface area contributed by atoms with Gasteiger partial charge in [-0.3, -0.25) is 14.4 Å². The molecular formula is C17H21BrN2O3. The van der Waals surface area contributed by atoms with Gasteiger partial charge < -0.3 is 4.90 Å². The normalized spacial score (nSPS) is 18.5. The van der Waals surface area contributed by atoms with Crippen LogP contribution in [0.1, 0.15) is 40.5 Å². The molecule has 0 radical (unpaired) electrons. The van der Waals surface area contributed by atoms with Gasteiger partial charge in [0.1, 0.15) is 6.04 Å². The maximum Gasteiger partial charge on any atom is 0.257 e. The highest BCUT2D eigenvalue weighted by Gasteiger charge is 2.47. The Morgan fingerprint density at radius 1 is 1.30 bits per heavy atom. The number of imide groups is 1. The van der Waals surface area contributed by atoms with Crippen LogP contribution in [0.5, 0.6) is 0 Å². The van der Waals surface area contributed by atoms with Crippen LogP contribution in [0.3, 0.4) is 0 Å². The lowest BCUT2D eigenvalue weighted by atomic mass is 9.96. The maximum atomic E-state index is 12.8. The molecule has 1 aromatic rings. The SMILES string of the molecule is CCC(C)(C)N(C(C)=O)C1CC(=O)N(c2ccc(Br)cc2)C1=O. The summed E-state index contributed by atoms with van der Waals surface area (Å²) in [6.07, 6.45) is 0.723. The van der Waals surface area contributed by atoms with Crippen molar-refractivity contribution >= 4 is 39.3 Å². The van der Waals surface area contributed by atoms with Gasteiger partial charge in [-0.05, 0) is 44.5 Å². The van der Waals surface area contributed by atoms with Crippen LogP contribution in [0.2, 0.25) is 0 Å². The lowest BCUT2D eigenvalue weighted by molar-refractivity contribution is -0.142. The molecule has 0 bridgehead atoms. The molecule has 1 unspecified atom stereocenters. The van der Waals surface area contributed by atoms with Gasteiger partial charge in [0.15, 0.2) is 0 Å². The molecule has 0 saturated carbocycles. The summed E-state index contributed by atoms with van der Waals surface area (Å²) in [5.74, 6) is -0.810. The fourth-order valence-corrected chi connectivity index (χ4v) is 3.18. The Balaban J connectivity index is 2.36. The molecule has 3 amide bonds. The highest BCUT2D eigenvalue weighted by Crippen LogP contribution is 2.31. The molecule has 124 valence electrons. The van der Waals surface area contributed by atoms with Gasteiger partial charge in [0.2, 0.25) is 11.8 Å². The number of benzene rings is 1. The monoisotopic (exact) mass is 380 g/mol. The molecular weight excluding hydrogens is 360 g/mol. The zero-order valence-corrected chi connectivity index (χ0v) is 15.4. The number of halogens is 1. The first-order valence-corrected chi connectivity index (χ1v) is 8.40. The lowest BCUT2D eigenvalue weighted by Gasteiger charge is -2.40. The number of hydrogen-bond acceptors (Lipinski definition) is 3. The molecule has 1 heterocycles. The molecule has 0 aromatic heterocycles. The molecule has 1 saturated heterocycles. The average molecular weight is 381 g/mol. The Bertz CT molecular complexity index is 640. The number of carbonyl (C=O) groups excluding carboxylic acids is 3. The lowest BCUT2D eigenvalue weighted by Crippen LogP contribution is -2.54. The van der Waals surface area contributed by atoms with Crippen molar-refractivity contribution in [2.75, 3.05) is 4.90 Å². The van der Waals surface area contributed by atoms with Gasteiger partial charge in [0.05, 0.1) is 12.1 Å². The quantitative estimate of drug-likeness (QED) is 0.753. The van der Waals surface area contributed by atoms with E-state index in [4.69, 9.17) is 0 Å². The second-order valence-corrected chi connectivity index (χ2v) is 7.23. The van der Waals surface area contributed by atoms with Crippen LogP contribution in [0.4, 0.5) is 5.69 Å². The van der Waals surface area contributed by atoms with E-state index < -0.39 is 11.6 Å². The van der Waals surface area contributed by atoms with Gasteiger partial charge in [-0.25, -0.2) is 4.90 Å². The van der Waals surface area contributed by atoms with Crippen molar-refractivity contribution in [2.45, 2.75) is 52.1 Å². The molecule has 1 aliphatic heterocycles. The number of rotatable bonds is 4. The van der Waals surface area contributed by atoms with Crippen LogP contribution < -0.4 is 4.90 Å². The molecule has 1 aromatic carbocycles. The minimum absolute atomic E-state index is 0.0257. The fourth-order valence-electron chi connectivity index (χ4n) is 2.92. The van der Waals surface area contributed by atoms with Crippen molar-refractivity contribution in [1.29, 1.82) is 0 Å². The first-order valence-electron chi connectivity index (χ1n) is 7.61. The van der Waals surface area contributed by atoms with Crippen LogP contribution in [0, 0.1) is 0 Å². The minimum atomic E-state index is -0.737. The van der Waals surface area contributed by atoms with Crippen molar-refractivity contribution in [3.63, 3.8) is 0 Å². The third-order valence-corrected chi connectivity index (χ3v) is 4.90. The second kappa shape index (κ2) is 6.43. The Kier molecular flexibility index (Phi) is 4.94. The molecule has 1 atom stereocenters. The molecule has 23 heavy (non-hydrogen) atoms. The van der Waals surface area contributed by atoms with E-state index in [1.165, 1.54) is 11.8 Å². The van der Waals surface area contributed by atoms with Crippen molar-refractivity contribution < 1.29 is 14.4 Å². The minimum Gasteiger partial charge on any atom is -0.325 e. The number of hydrogen-bond donors (Lipinski definition) is 0. The van der Waals surface area contributed by atoms with E-state index in [0.29, 0.717) is 12.1 Å². The van der Waals surface area contributed by atoms with Gasteiger partial charge in [-0.1, -0.05) is 22.9 Å². The molecule has 1 aliphatic rings. The van der Waals surface area contributed by atoms with E-state index in [9.17, 15) is 14.4 Å². The molecule has 1 fully saturated rings. The highest BCUT2D eigenvalue weighted by atomic mass is 79.9. The first kappa shape index (κ1) is 17.7. The van der Waals surface area contributed by atoms with Gasteiger partial charge in [0.25, 0.3) is 5.91 Å². The molecule has 0 N–H and O–H groups in total. The van der Waals surface area contributed by atoms with E-state index in [2.05, 4.69) is 15.9 Å². The van der Waals surface area contributed by atoms with E-state index >= 15 is 0 Å². The molecule has 0 spiro atoms. The predicted molar refractivity (Wildman–Crippen MR) is 91.9 cm³/mol. The number of amides is 3. The summed E-state index contributed by atoms with van der Waals surface area (Å²) in [6.45, 7) is 7.23. The van der Waals surface area contributed by atoms with Gasteiger partial charge in [-0.15, -0.1) is 0 Å². The van der Waals surface area contributed by atoms with Crippen molar-refractivity contribution in [2.24, 2.45) is 0 Å². The van der Waals surface area contributed by atoms with E-state index in [0.717, 1.165) is 4.47 Å². The molecule has 2 rings (SSSR count). The zero-order valence-electron chi connectivity index (χ0n) is 13.8. The summed E-state index contributed by atoms with van der Waals surface area (Å²) in [4.78, 5) is 40.0. The summed E-state index contributed by atoms with van der Waals surface area (Å²) in [5, 5.41) is 0. The summed E-state index contributed by atoms with van der Waals surface area (Å²) >= 11 is 3.33. The van der Waals surface area contributed by atoms with E-state index in [-0.39, 0.29) is 24.1 Å². The van der Waals surface area contributed by atoms with Crippen LogP contribution in [0.15, 0.2) is 28.7 Å². The third kappa shape index (κ3) is 3.32. The molecule has 5 nitrogen and oxygen atoms in total. The van der Waals surface area contributed by atoms with Crippen LogP contribution in [-0.4, -0.2) is 34.2 Å². The third-order valence-electron chi connectivity index (χ3n) is 4.38. The average Bonchev–Trinajstić information content (AvgIpc) is 2.75. The summed E-state index contributed by atoms with van der Waals surface area (Å²) in [5.41, 5.74) is 0.0471. The summed E-state index contributed by atoms with van der Waals surface area (Å²) in [7, 11) is 0. The number of anilines is 1. The summed E-state index contributed by atoms with van der Waals surface area (Å²) < 4.78 is 0.870. The van der Waals surface area contributed by atoms with Crippen LogP contribution in [0.25, 0.3) is 0 Å². The Morgan fingerprint density at radius 2 is 1.87 bits per heavy atom. The fraction of sp³-hybridized carbons (Fsp3) is 0.471. The Labute approximate surface area is 144 Å². The van der Waals surface area contributed by atoms with Crippen LogP contribution in [-0.2, 0) is 14.4 Å². The maximum absolute atomic E-state index is 12.8. The predicted octanol–water partition coefficient (Wildman–Crippen LogP) is 3.12. The Morgan fingerprint density at radius 3 is 2.35 bits per heavy atom. The second-order valence-electron chi connectivity index (χ2n) is 6.32. The van der Waals surface area contributed by atoms with Gasteiger partial charge in [0, 0.05) is 16.9 Å². The van der Waals surface area contributed by atoms with Gasteiger partial charge >= 0.3 is 0 Å². The zero-order chi connectivity index (χ0) is 17.4. The smallest absolute Gasteiger partial charge is 0.257 e. The molecule has 6 heteroatoms.